The van der Waals surface area contributed by atoms with Crippen LogP contribution in [0.1, 0.15) is 43.5 Å². The molecule has 1 N–H and O–H groups in total. The number of nitrogens with one attached hydrogen (secondary N) is 1. The molecule has 1 aromatic rings. The minimum absolute atomic E-state index is 0.214. The predicted molar refractivity (Wildman–Crippen MR) is 89.9 cm³/mol. The molecule has 1 aliphatic carbocycles. The summed E-state index contributed by atoms with van der Waals surface area (Å²) < 4.78 is 16.1. The SMILES string of the molecule is CCCOc1c(Cl)cc(C(=O)OCC(=O)NC2CC2)cc1OCC. The third-order valence-corrected chi connectivity index (χ3v) is 3.55. The number of rotatable bonds is 9. The molecule has 1 aliphatic rings. The zero-order valence-electron chi connectivity index (χ0n) is 13.9. The molecular weight excluding hydrogens is 334 g/mol. The van der Waals surface area contributed by atoms with Gasteiger partial charge in [-0.05, 0) is 38.3 Å². The first kappa shape index (κ1) is 18.4. The van der Waals surface area contributed by atoms with Gasteiger partial charge in [-0.2, -0.15) is 0 Å². The van der Waals surface area contributed by atoms with E-state index in [2.05, 4.69) is 5.32 Å². The molecule has 0 saturated heterocycles. The Labute approximate surface area is 146 Å². The van der Waals surface area contributed by atoms with Gasteiger partial charge in [0.05, 0.1) is 23.8 Å². The fraction of sp³-hybridized carbons (Fsp3) is 0.529. The molecule has 0 aliphatic heterocycles. The topological polar surface area (TPSA) is 73.9 Å². The van der Waals surface area contributed by atoms with E-state index in [1.54, 1.807) is 0 Å². The Kier molecular flexibility index (Phi) is 6.73. The molecule has 0 atom stereocenters. The molecule has 0 heterocycles. The van der Waals surface area contributed by atoms with Crippen molar-refractivity contribution in [1.82, 2.24) is 5.32 Å². The highest BCUT2D eigenvalue weighted by Gasteiger charge is 2.24. The van der Waals surface area contributed by atoms with Crippen LogP contribution in [-0.4, -0.2) is 37.7 Å². The van der Waals surface area contributed by atoms with Crippen LogP contribution in [0.25, 0.3) is 0 Å². The van der Waals surface area contributed by atoms with Crippen molar-refractivity contribution in [2.75, 3.05) is 19.8 Å². The van der Waals surface area contributed by atoms with Gasteiger partial charge in [0, 0.05) is 6.04 Å². The van der Waals surface area contributed by atoms with Gasteiger partial charge in [-0.15, -0.1) is 0 Å². The molecule has 1 aromatic carbocycles. The van der Waals surface area contributed by atoms with Crippen molar-refractivity contribution in [3.05, 3.63) is 22.7 Å². The van der Waals surface area contributed by atoms with Crippen LogP contribution in [0.4, 0.5) is 0 Å². The Bertz CT molecular complexity index is 601. The molecule has 7 heteroatoms. The van der Waals surface area contributed by atoms with Crippen molar-refractivity contribution in [3.8, 4) is 11.5 Å². The standard InChI is InChI=1S/C17H22ClNO5/c1-3-7-23-16-13(18)8-11(9-14(16)22-4-2)17(21)24-10-15(20)19-12-5-6-12/h8-9,12H,3-7,10H2,1-2H3,(H,19,20). The fourth-order valence-electron chi connectivity index (χ4n) is 2.00. The van der Waals surface area contributed by atoms with Gasteiger partial charge in [-0.3, -0.25) is 4.79 Å². The third kappa shape index (κ3) is 5.30. The maximum atomic E-state index is 12.1. The summed E-state index contributed by atoms with van der Waals surface area (Å²) in [4.78, 5) is 23.7. The summed E-state index contributed by atoms with van der Waals surface area (Å²) in [7, 11) is 0. The molecule has 0 unspecified atom stereocenters. The van der Waals surface area contributed by atoms with Crippen molar-refractivity contribution in [2.45, 2.75) is 39.2 Å². The average molecular weight is 356 g/mol. The van der Waals surface area contributed by atoms with Crippen molar-refractivity contribution >= 4 is 23.5 Å². The molecule has 0 spiro atoms. The number of carbonyl (C=O) groups is 2. The zero-order chi connectivity index (χ0) is 17.5. The predicted octanol–water partition coefficient (Wildman–Crippen LogP) is 2.96. The number of benzene rings is 1. The molecule has 0 bridgehead atoms. The van der Waals surface area contributed by atoms with Gasteiger partial charge in [-0.1, -0.05) is 18.5 Å². The summed E-state index contributed by atoms with van der Waals surface area (Å²) in [5.41, 5.74) is 0.214. The number of carbonyl (C=O) groups excluding carboxylic acids is 2. The van der Waals surface area contributed by atoms with E-state index in [1.807, 2.05) is 13.8 Å². The minimum Gasteiger partial charge on any atom is -0.490 e. The number of hydrogen-bond acceptors (Lipinski definition) is 5. The smallest absolute Gasteiger partial charge is 0.338 e. The highest BCUT2D eigenvalue weighted by atomic mass is 35.5. The molecular formula is C17H22ClNO5. The lowest BCUT2D eigenvalue weighted by Crippen LogP contribution is -2.30. The lowest BCUT2D eigenvalue weighted by atomic mass is 10.2. The maximum absolute atomic E-state index is 12.1. The van der Waals surface area contributed by atoms with Gasteiger partial charge >= 0.3 is 5.97 Å². The molecule has 6 nitrogen and oxygen atoms in total. The van der Waals surface area contributed by atoms with E-state index in [0.717, 1.165) is 19.3 Å². The number of ether oxygens (including phenoxy) is 3. The zero-order valence-corrected chi connectivity index (χ0v) is 14.6. The first-order chi connectivity index (χ1) is 11.5. The Hall–Kier alpha value is -1.95. The van der Waals surface area contributed by atoms with Crippen molar-refractivity contribution in [1.29, 1.82) is 0 Å². The van der Waals surface area contributed by atoms with Gasteiger partial charge in [-0.25, -0.2) is 4.79 Å². The largest absolute Gasteiger partial charge is 0.490 e. The van der Waals surface area contributed by atoms with Gasteiger partial charge in [0.25, 0.3) is 5.91 Å². The molecule has 2 rings (SSSR count). The van der Waals surface area contributed by atoms with Crippen LogP contribution in [0.2, 0.25) is 5.02 Å². The third-order valence-electron chi connectivity index (χ3n) is 3.27. The van der Waals surface area contributed by atoms with Crippen LogP contribution >= 0.6 is 11.6 Å². The first-order valence-electron chi connectivity index (χ1n) is 8.10. The van der Waals surface area contributed by atoms with Crippen LogP contribution in [0, 0.1) is 0 Å². The van der Waals surface area contributed by atoms with Crippen LogP contribution < -0.4 is 14.8 Å². The van der Waals surface area contributed by atoms with Gasteiger partial charge in [0.2, 0.25) is 0 Å². The quantitative estimate of drug-likeness (QED) is 0.689. The first-order valence-corrected chi connectivity index (χ1v) is 8.48. The number of esters is 1. The number of amides is 1. The van der Waals surface area contributed by atoms with E-state index in [4.69, 9.17) is 25.8 Å². The maximum Gasteiger partial charge on any atom is 0.338 e. The van der Waals surface area contributed by atoms with E-state index in [1.165, 1.54) is 12.1 Å². The lowest BCUT2D eigenvalue weighted by Gasteiger charge is -2.14. The molecule has 1 amide bonds. The summed E-state index contributed by atoms with van der Waals surface area (Å²) in [6.45, 7) is 4.38. The summed E-state index contributed by atoms with van der Waals surface area (Å²) >= 11 is 6.20. The second-order valence-corrected chi connectivity index (χ2v) is 5.89. The van der Waals surface area contributed by atoms with E-state index < -0.39 is 5.97 Å². The molecule has 0 radical (unpaired) electrons. The molecule has 24 heavy (non-hydrogen) atoms. The number of halogens is 1. The normalized spacial score (nSPS) is 13.3. The lowest BCUT2D eigenvalue weighted by molar-refractivity contribution is -0.124. The second kappa shape index (κ2) is 8.78. The summed E-state index contributed by atoms with van der Waals surface area (Å²) in [6.07, 6.45) is 2.78. The molecule has 1 saturated carbocycles. The van der Waals surface area contributed by atoms with Gasteiger partial charge in [0.15, 0.2) is 18.1 Å². The van der Waals surface area contributed by atoms with Crippen LogP contribution in [0.5, 0.6) is 11.5 Å². The Morgan fingerprint density at radius 2 is 2.00 bits per heavy atom. The molecule has 1 fully saturated rings. The van der Waals surface area contributed by atoms with E-state index in [9.17, 15) is 9.59 Å². The van der Waals surface area contributed by atoms with Crippen molar-refractivity contribution in [2.24, 2.45) is 0 Å². The Balaban J connectivity index is 2.04. The highest BCUT2D eigenvalue weighted by Crippen LogP contribution is 2.37. The Morgan fingerprint density at radius 1 is 1.25 bits per heavy atom. The van der Waals surface area contributed by atoms with E-state index >= 15 is 0 Å². The second-order valence-electron chi connectivity index (χ2n) is 5.48. The van der Waals surface area contributed by atoms with Crippen molar-refractivity contribution in [3.63, 3.8) is 0 Å². The summed E-state index contributed by atoms with van der Waals surface area (Å²) in [5, 5.41) is 3.02. The van der Waals surface area contributed by atoms with E-state index in [-0.39, 0.29) is 29.1 Å². The highest BCUT2D eigenvalue weighted by molar-refractivity contribution is 6.32. The van der Waals surface area contributed by atoms with Crippen LogP contribution in [0.3, 0.4) is 0 Å². The summed E-state index contributed by atoms with van der Waals surface area (Å²) in [6, 6.07) is 3.20. The number of hydrogen-bond donors (Lipinski definition) is 1. The molecule has 0 aromatic heterocycles. The van der Waals surface area contributed by atoms with Crippen LogP contribution in [0.15, 0.2) is 12.1 Å². The van der Waals surface area contributed by atoms with E-state index in [0.29, 0.717) is 24.7 Å². The van der Waals surface area contributed by atoms with Crippen LogP contribution in [-0.2, 0) is 9.53 Å². The van der Waals surface area contributed by atoms with Crippen molar-refractivity contribution < 1.29 is 23.8 Å². The fourth-order valence-corrected chi connectivity index (χ4v) is 2.27. The van der Waals surface area contributed by atoms with Gasteiger partial charge < -0.3 is 19.5 Å². The minimum atomic E-state index is -0.633. The Morgan fingerprint density at radius 3 is 2.62 bits per heavy atom. The molecule has 132 valence electrons. The van der Waals surface area contributed by atoms with Gasteiger partial charge in [0.1, 0.15) is 0 Å². The monoisotopic (exact) mass is 355 g/mol. The summed E-state index contributed by atoms with van der Waals surface area (Å²) in [5.74, 6) is -0.146. The average Bonchev–Trinajstić information content (AvgIpc) is 3.36.